The number of hydrogen-bond donors (Lipinski definition) is 0. The molecule has 1 aromatic carbocycles. The number of anilines is 1. The molecule has 0 N–H and O–H groups in total. The van der Waals surface area contributed by atoms with Crippen LogP contribution in [0, 0.1) is 5.41 Å². The summed E-state index contributed by atoms with van der Waals surface area (Å²) < 4.78 is 0. The molecular formula is C22H20Cl2N2O2. The molecule has 0 spiro atoms. The molecule has 144 valence electrons. The summed E-state index contributed by atoms with van der Waals surface area (Å²) >= 11 is 12.4. The molecule has 4 rings (SSSR count). The summed E-state index contributed by atoms with van der Waals surface area (Å²) in [5.41, 5.74) is 2.73. The van der Waals surface area contributed by atoms with Crippen molar-refractivity contribution in [2.24, 2.45) is 5.41 Å². The fourth-order valence-electron chi connectivity index (χ4n) is 4.25. The van der Waals surface area contributed by atoms with E-state index in [1.165, 1.54) is 0 Å². The van der Waals surface area contributed by atoms with Crippen LogP contribution in [0.3, 0.4) is 0 Å². The van der Waals surface area contributed by atoms with Crippen LogP contribution < -0.4 is 4.90 Å². The van der Waals surface area contributed by atoms with Crippen molar-refractivity contribution in [1.82, 2.24) is 4.98 Å². The van der Waals surface area contributed by atoms with Crippen LogP contribution in [0.5, 0.6) is 0 Å². The lowest BCUT2D eigenvalue weighted by Gasteiger charge is -2.43. The van der Waals surface area contributed by atoms with E-state index < -0.39 is 0 Å². The molecule has 0 fully saturated rings. The van der Waals surface area contributed by atoms with Crippen molar-refractivity contribution in [3.8, 4) is 0 Å². The van der Waals surface area contributed by atoms with Crippen LogP contribution in [0.1, 0.15) is 44.6 Å². The van der Waals surface area contributed by atoms with Gasteiger partial charge in [-0.25, -0.2) is 0 Å². The largest absolute Gasteiger partial charge is 0.294 e. The molecule has 1 aliphatic heterocycles. The molecule has 0 saturated heterocycles. The quantitative estimate of drug-likeness (QED) is 0.646. The maximum Gasteiger partial charge on any atom is 0.232 e. The van der Waals surface area contributed by atoms with Gasteiger partial charge in [-0.15, -0.1) is 0 Å². The van der Waals surface area contributed by atoms with E-state index >= 15 is 0 Å². The van der Waals surface area contributed by atoms with Gasteiger partial charge in [-0.3, -0.25) is 19.5 Å². The zero-order valence-corrected chi connectivity index (χ0v) is 17.2. The van der Waals surface area contributed by atoms with Crippen molar-refractivity contribution in [2.45, 2.75) is 39.0 Å². The average Bonchev–Trinajstić information content (AvgIpc) is 2.59. The van der Waals surface area contributed by atoms with Gasteiger partial charge < -0.3 is 0 Å². The Bertz CT molecular complexity index is 979. The Labute approximate surface area is 174 Å². The van der Waals surface area contributed by atoms with E-state index in [1.807, 2.05) is 12.1 Å². The second-order valence-electron chi connectivity index (χ2n) is 8.20. The van der Waals surface area contributed by atoms with Crippen molar-refractivity contribution in [2.75, 3.05) is 4.90 Å². The first-order valence-corrected chi connectivity index (χ1v) is 9.96. The zero-order valence-electron chi connectivity index (χ0n) is 15.7. The first kappa shape index (κ1) is 19.2. The van der Waals surface area contributed by atoms with Crippen molar-refractivity contribution >= 4 is 40.6 Å². The topological polar surface area (TPSA) is 50.3 Å². The lowest BCUT2D eigenvalue weighted by molar-refractivity contribution is -0.121. The maximum atomic E-state index is 13.2. The van der Waals surface area contributed by atoms with Gasteiger partial charge in [-0.1, -0.05) is 43.1 Å². The van der Waals surface area contributed by atoms with Gasteiger partial charge in [-0.05, 0) is 41.7 Å². The first-order valence-electron chi connectivity index (χ1n) is 9.20. The van der Waals surface area contributed by atoms with Crippen molar-refractivity contribution in [3.05, 3.63) is 69.6 Å². The Kier molecular flexibility index (Phi) is 4.80. The van der Waals surface area contributed by atoms with E-state index in [-0.39, 0.29) is 29.4 Å². The number of amides is 1. The van der Waals surface area contributed by atoms with Gasteiger partial charge in [0.05, 0.1) is 5.69 Å². The number of Topliss-reactive ketones (excluding diaryl/α,β-unsaturated/α-hetero) is 1. The molecule has 1 aromatic heterocycles. The summed E-state index contributed by atoms with van der Waals surface area (Å²) in [6, 6.07) is 8.82. The summed E-state index contributed by atoms with van der Waals surface area (Å²) in [7, 11) is 0. The summed E-state index contributed by atoms with van der Waals surface area (Å²) in [5, 5.41) is 0.904. The molecule has 1 atom stereocenters. The summed E-state index contributed by atoms with van der Waals surface area (Å²) in [4.78, 5) is 32.2. The third-order valence-electron chi connectivity index (χ3n) is 5.34. The zero-order chi connectivity index (χ0) is 20.1. The maximum absolute atomic E-state index is 13.2. The Morgan fingerprint density at radius 2 is 1.82 bits per heavy atom. The van der Waals surface area contributed by atoms with Gasteiger partial charge in [-0.2, -0.15) is 0 Å². The number of aromatic nitrogens is 1. The van der Waals surface area contributed by atoms with E-state index in [0.29, 0.717) is 34.1 Å². The molecule has 0 radical (unpaired) electrons. The van der Waals surface area contributed by atoms with Crippen molar-refractivity contribution in [3.63, 3.8) is 0 Å². The van der Waals surface area contributed by atoms with Crippen LogP contribution in [-0.4, -0.2) is 16.7 Å². The van der Waals surface area contributed by atoms with Gasteiger partial charge in [0.15, 0.2) is 5.78 Å². The standard InChI is InChI=1S/C22H20Cl2N2O2/c1-22(2)10-18-21(19(27)11-22)17(13-4-3-5-25-12-13)9-20(28)26(18)16-7-14(23)6-15(24)8-16/h3-8,12,17H,9-11H2,1-2H3. The number of nitrogens with zero attached hydrogens (tertiary/aromatic N) is 2. The molecule has 2 heterocycles. The Balaban J connectivity index is 1.92. The normalized spacial score (nSPS) is 21.7. The van der Waals surface area contributed by atoms with Crippen LogP contribution in [0.2, 0.25) is 10.0 Å². The van der Waals surface area contributed by atoms with Crippen LogP contribution >= 0.6 is 23.2 Å². The monoisotopic (exact) mass is 414 g/mol. The van der Waals surface area contributed by atoms with Crippen LogP contribution in [0.4, 0.5) is 5.69 Å². The molecule has 6 heteroatoms. The smallest absolute Gasteiger partial charge is 0.232 e. The van der Waals surface area contributed by atoms with Crippen LogP contribution in [-0.2, 0) is 9.59 Å². The molecule has 1 unspecified atom stereocenters. The van der Waals surface area contributed by atoms with Gasteiger partial charge >= 0.3 is 0 Å². The Hall–Kier alpha value is -2.17. The van der Waals surface area contributed by atoms with E-state index in [2.05, 4.69) is 18.8 Å². The third-order valence-corrected chi connectivity index (χ3v) is 5.77. The minimum absolute atomic E-state index is 0.0727. The van der Waals surface area contributed by atoms with E-state index in [1.54, 1.807) is 35.5 Å². The lowest BCUT2D eigenvalue weighted by Crippen LogP contribution is -2.43. The molecule has 0 saturated carbocycles. The minimum Gasteiger partial charge on any atom is -0.294 e. The number of carbonyl (C=O) groups excluding carboxylic acids is 2. The number of carbonyl (C=O) groups is 2. The molecule has 1 amide bonds. The number of ketones is 1. The molecule has 28 heavy (non-hydrogen) atoms. The van der Waals surface area contributed by atoms with Gasteiger partial charge in [0, 0.05) is 52.5 Å². The summed E-state index contributed by atoms with van der Waals surface area (Å²) in [6.45, 7) is 4.10. The minimum atomic E-state index is -0.272. The Morgan fingerprint density at radius 3 is 2.46 bits per heavy atom. The van der Waals surface area contributed by atoms with Gasteiger partial charge in [0.25, 0.3) is 0 Å². The van der Waals surface area contributed by atoms with Gasteiger partial charge in [0.2, 0.25) is 5.91 Å². The van der Waals surface area contributed by atoms with E-state index in [0.717, 1.165) is 11.3 Å². The highest BCUT2D eigenvalue weighted by Gasteiger charge is 2.44. The molecule has 1 aliphatic carbocycles. The van der Waals surface area contributed by atoms with Crippen molar-refractivity contribution < 1.29 is 9.59 Å². The SMILES string of the molecule is CC1(C)CC(=O)C2=C(C1)N(c1cc(Cl)cc(Cl)c1)C(=O)CC2c1cccnc1. The van der Waals surface area contributed by atoms with Crippen LogP contribution in [0.25, 0.3) is 0 Å². The Morgan fingerprint density at radius 1 is 1.11 bits per heavy atom. The number of hydrogen-bond acceptors (Lipinski definition) is 3. The number of pyridine rings is 1. The predicted molar refractivity (Wildman–Crippen MR) is 111 cm³/mol. The van der Waals surface area contributed by atoms with Crippen molar-refractivity contribution in [1.29, 1.82) is 0 Å². The molecule has 2 aliphatic rings. The highest BCUT2D eigenvalue weighted by atomic mass is 35.5. The van der Waals surface area contributed by atoms with Crippen LogP contribution in [0.15, 0.2) is 54.0 Å². The molecule has 4 nitrogen and oxygen atoms in total. The number of rotatable bonds is 2. The van der Waals surface area contributed by atoms with E-state index in [9.17, 15) is 9.59 Å². The second-order valence-corrected chi connectivity index (χ2v) is 9.07. The summed E-state index contributed by atoms with van der Waals surface area (Å²) in [5.74, 6) is -0.257. The molecular weight excluding hydrogens is 395 g/mol. The number of halogens is 2. The lowest BCUT2D eigenvalue weighted by atomic mass is 9.69. The second kappa shape index (κ2) is 7.02. The highest BCUT2D eigenvalue weighted by Crippen LogP contribution is 2.48. The highest BCUT2D eigenvalue weighted by molar-refractivity contribution is 6.35. The summed E-state index contributed by atoms with van der Waals surface area (Å²) in [6.07, 6.45) is 4.72. The fourth-order valence-corrected chi connectivity index (χ4v) is 4.76. The predicted octanol–water partition coefficient (Wildman–Crippen LogP) is 5.55. The van der Waals surface area contributed by atoms with E-state index in [4.69, 9.17) is 23.2 Å². The third kappa shape index (κ3) is 3.47. The fraction of sp³-hybridized carbons (Fsp3) is 0.318. The average molecular weight is 415 g/mol. The number of allylic oxidation sites excluding steroid dienone is 2. The molecule has 2 aromatic rings. The molecule has 0 bridgehead atoms. The van der Waals surface area contributed by atoms with Gasteiger partial charge in [0.1, 0.15) is 0 Å². The number of benzene rings is 1. The first-order chi connectivity index (χ1) is 13.2.